The van der Waals surface area contributed by atoms with E-state index in [4.69, 9.17) is 9.63 Å². The number of hydrogen-bond donors (Lipinski definition) is 1. The molecule has 2 rings (SSSR count). The average Bonchev–Trinajstić information content (AvgIpc) is 2.70. The number of nitrogens with zero attached hydrogens (tertiary/aromatic N) is 4. The Hall–Kier alpha value is -0.980. The molecule has 1 atom stereocenters. The standard InChI is InChI=1S/C9H16N4O2/c1-12-3-4-13(2)7(5-12)9-10-8(6-14)15-11-9/h7,14H,3-6H2,1-2H3. The summed E-state index contributed by atoms with van der Waals surface area (Å²) < 4.78 is 4.89. The van der Waals surface area contributed by atoms with Crippen LogP contribution in [-0.2, 0) is 6.61 Å². The fraction of sp³-hybridized carbons (Fsp3) is 0.778. The van der Waals surface area contributed by atoms with Gasteiger partial charge in [0.25, 0.3) is 5.89 Å². The van der Waals surface area contributed by atoms with Gasteiger partial charge in [-0.2, -0.15) is 4.98 Å². The zero-order valence-electron chi connectivity index (χ0n) is 9.05. The van der Waals surface area contributed by atoms with E-state index in [0.717, 1.165) is 19.6 Å². The number of likely N-dealkylation sites (N-methyl/N-ethyl adjacent to an activating group) is 2. The van der Waals surface area contributed by atoms with Crippen LogP contribution in [0.25, 0.3) is 0 Å². The summed E-state index contributed by atoms with van der Waals surface area (Å²) in [5.74, 6) is 0.944. The van der Waals surface area contributed by atoms with Gasteiger partial charge in [-0.15, -0.1) is 0 Å². The number of aromatic nitrogens is 2. The molecule has 0 aliphatic carbocycles. The summed E-state index contributed by atoms with van der Waals surface area (Å²) in [7, 11) is 4.12. The van der Waals surface area contributed by atoms with Gasteiger partial charge in [-0.05, 0) is 14.1 Å². The van der Waals surface area contributed by atoms with Gasteiger partial charge in [-0.25, -0.2) is 0 Å². The molecule has 1 unspecified atom stereocenters. The first-order chi connectivity index (χ1) is 7.20. The van der Waals surface area contributed by atoms with Gasteiger partial charge in [0.2, 0.25) is 0 Å². The third-order valence-electron chi connectivity index (χ3n) is 2.77. The Balaban J connectivity index is 2.13. The lowest BCUT2D eigenvalue weighted by Gasteiger charge is -2.35. The maximum atomic E-state index is 8.85. The number of aliphatic hydroxyl groups is 1. The largest absolute Gasteiger partial charge is 0.387 e. The zero-order chi connectivity index (χ0) is 10.8. The maximum Gasteiger partial charge on any atom is 0.252 e. The number of hydrogen-bond acceptors (Lipinski definition) is 6. The number of aliphatic hydroxyl groups excluding tert-OH is 1. The first-order valence-electron chi connectivity index (χ1n) is 5.03. The summed E-state index contributed by atoms with van der Waals surface area (Å²) in [6.07, 6.45) is 0. The predicted molar refractivity (Wildman–Crippen MR) is 53.1 cm³/mol. The Bertz CT molecular complexity index is 328. The van der Waals surface area contributed by atoms with E-state index < -0.39 is 0 Å². The van der Waals surface area contributed by atoms with E-state index in [2.05, 4.69) is 27.0 Å². The fourth-order valence-corrected chi connectivity index (χ4v) is 1.76. The quantitative estimate of drug-likeness (QED) is 0.711. The van der Waals surface area contributed by atoms with Gasteiger partial charge in [0.05, 0.1) is 6.04 Å². The maximum absolute atomic E-state index is 8.85. The smallest absolute Gasteiger partial charge is 0.252 e. The lowest BCUT2D eigenvalue weighted by atomic mass is 10.2. The molecule has 1 aromatic heterocycles. The number of rotatable bonds is 2. The Morgan fingerprint density at radius 3 is 2.93 bits per heavy atom. The fourth-order valence-electron chi connectivity index (χ4n) is 1.76. The lowest BCUT2D eigenvalue weighted by molar-refractivity contribution is 0.108. The van der Waals surface area contributed by atoms with Crippen LogP contribution in [0, 0.1) is 0 Å². The highest BCUT2D eigenvalue weighted by Gasteiger charge is 2.27. The van der Waals surface area contributed by atoms with Crippen molar-refractivity contribution >= 4 is 0 Å². The lowest BCUT2D eigenvalue weighted by Crippen LogP contribution is -2.45. The van der Waals surface area contributed by atoms with Gasteiger partial charge in [0.1, 0.15) is 6.61 Å². The molecule has 1 aliphatic rings. The second kappa shape index (κ2) is 4.26. The van der Waals surface area contributed by atoms with Gasteiger partial charge in [0.15, 0.2) is 5.82 Å². The third kappa shape index (κ3) is 2.17. The molecule has 6 heteroatoms. The van der Waals surface area contributed by atoms with Crippen LogP contribution in [-0.4, -0.2) is 58.8 Å². The van der Waals surface area contributed by atoms with Gasteiger partial charge in [-0.3, -0.25) is 4.90 Å². The molecule has 1 fully saturated rings. The van der Waals surface area contributed by atoms with Crippen LogP contribution in [0.5, 0.6) is 0 Å². The van der Waals surface area contributed by atoms with Crippen molar-refractivity contribution in [2.75, 3.05) is 33.7 Å². The van der Waals surface area contributed by atoms with Gasteiger partial charge < -0.3 is 14.5 Å². The highest BCUT2D eigenvalue weighted by atomic mass is 16.5. The Morgan fingerprint density at radius 1 is 1.47 bits per heavy atom. The minimum Gasteiger partial charge on any atom is -0.387 e. The predicted octanol–water partition coefficient (Wildman–Crippen LogP) is -0.520. The first-order valence-corrected chi connectivity index (χ1v) is 5.03. The minimum absolute atomic E-state index is 0.160. The molecule has 2 heterocycles. The molecule has 84 valence electrons. The van der Waals surface area contributed by atoms with Crippen LogP contribution < -0.4 is 0 Å². The van der Waals surface area contributed by atoms with Crippen molar-refractivity contribution in [2.45, 2.75) is 12.6 Å². The Labute approximate surface area is 88.5 Å². The van der Waals surface area contributed by atoms with Gasteiger partial charge in [-0.1, -0.05) is 5.16 Å². The Morgan fingerprint density at radius 2 is 2.27 bits per heavy atom. The van der Waals surface area contributed by atoms with Crippen molar-refractivity contribution in [3.05, 3.63) is 11.7 Å². The van der Waals surface area contributed by atoms with Gasteiger partial charge >= 0.3 is 0 Å². The summed E-state index contributed by atoms with van der Waals surface area (Å²) >= 11 is 0. The first kappa shape index (κ1) is 10.5. The van der Waals surface area contributed by atoms with Crippen molar-refractivity contribution in [2.24, 2.45) is 0 Å². The van der Waals surface area contributed by atoms with Crippen LogP contribution in [0.4, 0.5) is 0 Å². The summed E-state index contributed by atoms with van der Waals surface area (Å²) in [6, 6.07) is 0.160. The summed E-state index contributed by atoms with van der Waals surface area (Å²) in [6.45, 7) is 2.74. The van der Waals surface area contributed by atoms with E-state index in [0.29, 0.717) is 5.82 Å². The van der Waals surface area contributed by atoms with Crippen LogP contribution in [0.15, 0.2) is 4.52 Å². The van der Waals surface area contributed by atoms with Crippen molar-refractivity contribution in [1.29, 1.82) is 0 Å². The van der Waals surface area contributed by atoms with Crippen molar-refractivity contribution in [3.8, 4) is 0 Å². The molecular formula is C9H16N4O2. The number of piperazine rings is 1. The van der Waals surface area contributed by atoms with E-state index in [1.165, 1.54) is 0 Å². The minimum atomic E-state index is -0.195. The second-order valence-electron chi connectivity index (χ2n) is 3.96. The molecule has 1 saturated heterocycles. The van der Waals surface area contributed by atoms with E-state index >= 15 is 0 Å². The molecule has 1 aliphatic heterocycles. The van der Waals surface area contributed by atoms with Crippen LogP contribution in [0.3, 0.4) is 0 Å². The molecule has 1 aromatic rings. The second-order valence-corrected chi connectivity index (χ2v) is 3.96. The monoisotopic (exact) mass is 212 g/mol. The Kier molecular flexibility index (Phi) is 2.99. The normalized spacial score (nSPS) is 24.6. The van der Waals surface area contributed by atoms with Crippen molar-refractivity contribution in [3.63, 3.8) is 0 Å². The molecule has 1 N–H and O–H groups in total. The molecule has 0 radical (unpaired) electrons. The van der Waals surface area contributed by atoms with E-state index in [9.17, 15) is 0 Å². The SMILES string of the molecule is CN1CCN(C)C(c2noc(CO)n2)C1. The topological polar surface area (TPSA) is 65.6 Å². The summed E-state index contributed by atoms with van der Waals surface area (Å²) in [5.41, 5.74) is 0. The average molecular weight is 212 g/mol. The molecule has 15 heavy (non-hydrogen) atoms. The molecule has 0 spiro atoms. The molecule has 0 bridgehead atoms. The molecule has 0 amide bonds. The third-order valence-corrected chi connectivity index (χ3v) is 2.77. The van der Waals surface area contributed by atoms with Crippen LogP contribution in [0.2, 0.25) is 0 Å². The van der Waals surface area contributed by atoms with Crippen molar-refractivity contribution in [1.82, 2.24) is 19.9 Å². The van der Waals surface area contributed by atoms with Crippen LogP contribution >= 0.6 is 0 Å². The molecule has 0 saturated carbocycles. The van der Waals surface area contributed by atoms with E-state index in [1.807, 2.05) is 7.05 Å². The molecule has 0 aromatic carbocycles. The highest BCUT2D eigenvalue weighted by Crippen LogP contribution is 2.20. The van der Waals surface area contributed by atoms with Gasteiger partial charge in [0, 0.05) is 19.6 Å². The molecular weight excluding hydrogens is 196 g/mol. The zero-order valence-corrected chi connectivity index (χ0v) is 9.05. The summed E-state index contributed by atoms with van der Waals surface area (Å²) in [5, 5.41) is 12.7. The highest BCUT2D eigenvalue weighted by molar-refractivity contribution is 4.97. The van der Waals surface area contributed by atoms with E-state index in [-0.39, 0.29) is 18.5 Å². The van der Waals surface area contributed by atoms with Crippen molar-refractivity contribution < 1.29 is 9.63 Å². The summed E-state index contributed by atoms with van der Waals surface area (Å²) in [4.78, 5) is 8.58. The van der Waals surface area contributed by atoms with E-state index in [1.54, 1.807) is 0 Å². The molecule has 6 nitrogen and oxygen atoms in total. The van der Waals surface area contributed by atoms with Crippen LogP contribution in [0.1, 0.15) is 17.8 Å².